The van der Waals surface area contributed by atoms with E-state index < -0.39 is 10.7 Å². The predicted octanol–water partition coefficient (Wildman–Crippen LogP) is 3.95. The van der Waals surface area contributed by atoms with Crippen LogP contribution in [0.2, 0.25) is 0 Å². The van der Waals surface area contributed by atoms with Gasteiger partial charge in [0.25, 0.3) is 5.69 Å². The maximum atomic E-state index is 13.5. The lowest BCUT2D eigenvalue weighted by Crippen LogP contribution is -2.14. The van der Waals surface area contributed by atoms with Crippen molar-refractivity contribution < 1.29 is 9.31 Å². The molecule has 20 heavy (non-hydrogen) atoms. The Kier molecular flexibility index (Phi) is 2.61. The number of anilines is 1. The molecule has 4 rings (SSSR count). The first-order chi connectivity index (χ1) is 9.56. The second kappa shape index (κ2) is 4.16. The van der Waals surface area contributed by atoms with E-state index in [1.54, 1.807) is 0 Å². The molecule has 3 aliphatic rings. The Hall–Kier alpha value is -1.17. The van der Waals surface area contributed by atoms with E-state index in [-0.39, 0.29) is 10.2 Å². The summed E-state index contributed by atoms with van der Waals surface area (Å²) >= 11 is 3.10. The van der Waals surface area contributed by atoms with E-state index >= 15 is 0 Å². The molecule has 3 saturated carbocycles. The van der Waals surface area contributed by atoms with Gasteiger partial charge in [-0.3, -0.25) is 10.1 Å². The lowest BCUT2D eigenvalue weighted by molar-refractivity contribution is -0.384. The van der Waals surface area contributed by atoms with Crippen molar-refractivity contribution in [1.29, 1.82) is 0 Å². The molecule has 0 aliphatic heterocycles. The van der Waals surface area contributed by atoms with E-state index in [0.717, 1.165) is 17.9 Å². The topological polar surface area (TPSA) is 55.2 Å². The zero-order valence-corrected chi connectivity index (χ0v) is 12.3. The van der Waals surface area contributed by atoms with Gasteiger partial charge in [-0.1, -0.05) is 0 Å². The molecule has 1 N–H and O–H groups in total. The molecule has 2 bridgehead atoms. The highest BCUT2D eigenvalue weighted by Crippen LogP contribution is 2.66. The lowest BCUT2D eigenvalue weighted by atomic mass is 10.0. The van der Waals surface area contributed by atoms with Crippen LogP contribution in [-0.4, -0.2) is 11.0 Å². The third kappa shape index (κ3) is 1.70. The van der Waals surface area contributed by atoms with Crippen molar-refractivity contribution in [3.63, 3.8) is 0 Å². The van der Waals surface area contributed by atoms with Crippen molar-refractivity contribution in [3.8, 4) is 0 Å². The molecule has 4 unspecified atom stereocenters. The van der Waals surface area contributed by atoms with Crippen LogP contribution >= 0.6 is 15.9 Å². The zero-order chi connectivity index (χ0) is 14.0. The number of nitrogens with zero attached hydrogens (tertiary/aromatic N) is 1. The van der Waals surface area contributed by atoms with Gasteiger partial charge < -0.3 is 5.32 Å². The molecule has 0 radical (unpaired) electrons. The van der Waals surface area contributed by atoms with E-state index in [9.17, 15) is 14.5 Å². The first kappa shape index (κ1) is 12.6. The normalized spacial score (nSPS) is 36.8. The highest BCUT2D eigenvalue weighted by molar-refractivity contribution is 9.10. The molecule has 4 atom stereocenters. The number of benzene rings is 1. The maximum Gasteiger partial charge on any atom is 0.295 e. The molecule has 0 saturated heterocycles. The van der Waals surface area contributed by atoms with Crippen molar-refractivity contribution in [2.75, 3.05) is 5.32 Å². The van der Waals surface area contributed by atoms with Gasteiger partial charge in [0, 0.05) is 6.04 Å². The lowest BCUT2D eigenvalue weighted by Gasteiger charge is -2.12. The molecule has 3 aliphatic carbocycles. The average Bonchev–Trinajstić information content (AvgIpc) is 2.81. The monoisotopic (exact) mass is 340 g/mol. The molecule has 0 heterocycles. The first-order valence-electron chi connectivity index (χ1n) is 6.96. The van der Waals surface area contributed by atoms with E-state index in [2.05, 4.69) is 21.2 Å². The molecule has 106 valence electrons. The highest BCUT2D eigenvalue weighted by atomic mass is 79.9. The van der Waals surface area contributed by atoms with Gasteiger partial charge in [0.15, 0.2) is 0 Å². The van der Waals surface area contributed by atoms with Crippen molar-refractivity contribution in [2.45, 2.75) is 25.3 Å². The summed E-state index contributed by atoms with van der Waals surface area (Å²) in [6.07, 6.45) is 3.95. The number of fused-ring (bicyclic) bond motifs is 5. The fraction of sp³-hybridized carbons (Fsp3) is 0.571. The minimum atomic E-state index is -0.599. The Morgan fingerprint density at radius 3 is 2.55 bits per heavy atom. The summed E-state index contributed by atoms with van der Waals surface area (Å²) in [5, 5.41) is 14.4. The summed E-state index contributed by atoms with van der Waals surface area (Å²) in [4.78, 5) is 10.5. The third-order valence-corrected chi connectivity index (χ3v) is 5.90. The second-order valence-electron chi connectivity index (χ2n) is 6.20. The number of halogens is 2. The molecular weight excluding hydrogens is 327 g/mol. The van der Waals surface area contributed by atoms with E-state index in [0.29, 0.717) is 23.6 Å². The number of nitro benzene ring substituents is 1. The molecule has 1 aromatic rings. The Morgan fingerprint density at radius 2 is 1.95 bits per heavy atom. The number of rotatable bonds is 3. The van der Waals surface area contributed by atoms with Crippen LogP contribution < -0.4 is 5.32 Å². The van der Waals surface area contributed by atoms with Crippen LogP contribution in [0.15, 0.2) is 16.6 Å². The van der Waals surface area contributed by atoms with E-state index in [1.807, 2.05) is 0 Å². The molecule has 4 nitrogen and oxygen atoms in total. The SMILES string of the molecule is O=[N+]([O-])c1cc(F)c(Br)cc1NC1C2C3CCC(C3)C12. The Bertz CT molecular complexity index is 593. The van der Waals surface area contributed by atoms with Crippen LogP contribution in [0.4, 0.5) is 15.8 Å². The van der Waals surface area contributed by atoms with Gasteiger partial charge in [-0.2, -0.15) is 0 Å². The average molecular weight is 341 g/mol. The molecule has 6 heteroatoms. The molecular formula is C14H14BrFN2O2. The Labute approximate surface area is 124 Å². The first-order valence-corrected chi connectivity index (χ1v) is 7.75. The van der Waals surface area contributed by atoms with Gasteiger partial charge in [0.05, 0.1) is 15.5 Å². The fourth-order valence-electron chi connectivity index (χ4n) is 4.50. The predicted molar refractivity (Wildman–Crippen MR) is 76.0 cm³/mol. The summed E-state index contributed by atoms with van der Waals surface area (Å²) in [6, 6.07) is 2.82. The van der Waals surface area contributed by atoms with Crippen molar-refractivity contribution in [3.05, 3.63) is 32.5 Å². The molecule has 0 aromatic heterocycles. The third-order valence-electron chi connectivity index (χ3n) is 5.29. The molecule has 3 fully saturated rings. The minimum absolute atomic E-state index is 0.178. The smallest absolute Gasteiger partial charge is 0.295 e. The number of hydrogen-bond acceptors (Lipinski definition) is 3. The zero-order valence-electron chi connectivity index (χ0n) is 10.7. The standard InChI is InChI=1S/C14H14BrFN2O2/c15-8-4-10(11(18(19)20)5-9(8)16)17-14-12-6-1-2-7(3-6)13(12)14/h4-7,12-14,17H,1-3H2. The maximum absolute atomic E-state index is 13.5. The Morgan fingerprint density at radius 1 is 1.30 bits per heavy atom. The van der Waals surface area contributed by atoms with Crippen molar-refractivity contribution >= 4 is 27.3 Å². The van der Waals surface area contributed by atoms with Gasteiger partial charge in [-0.25, -0.2) is 4.39 Å². The van der Waals surface area contributed by atoms with Gasteiger partial charge in [0.2, 0.25) is 0 Å². The summed E-state index contributed by atoms with van der Waals surface area (Å²) in [7, 11) is 0. The molecule has 1 aromatic carbocycles. The van der Waals surface area contributed by atoms with Crippen molar-refractivity contribution in [2.24, 2.45) is 23.7 Å². The summed E-state index contributed by atoms with van der Waals surface area (Å²) in [5.41, 5.74) is 0.255. The fourth-order valence-corrected chi connectivity index (χ4v) is 4.84. The quantitative estimate of drug-likeness (QED) is 0.669. The highest BCUT2D eigenvalue weighted by Gasteiger charge is 2.65. The van der Waals surface area contributed by atoms with E-state index in [4.69, 9.17) is 0 Å². The largest absolute Gasteiger partial charge is 0.376 e. The van der Waals surface area contributed by atoms with Gasteiger partial charge in [-0.05, 0) is 64.9 Å². The molecule has 0 spiro atoms. The van der Waals surface area contributed by atoms with Crippen LogP contribution in [0, 0.1) is 39.6 Å². The molecule has 0 amide bonds. The van der Waals surface area contributed by atoms with Crippen LogP contribution in [0.1, 0.15) is 19.3 Å². The van der Waals surface area contributed by atoms with Crippen LogP contribution in [0.3, 0.4) is 0 Å². The summed E-state index contributed by atoms with van der Waals surface area (Å²) in [6.45, 7) is 0. The van der Waals surface area contributed by atoms with Crippen LogP contribution in [0.5, 0.6) is 0 Å². The summed E-state index contributed by atoms with van der Waals surface area (Å²) in [5.74, 6) is 2.35. The number of nitro groups is 1. The minimum Gasteiger partial charge on any atom is -0.376 e. The van der Waals surface area contributed by atoms with Crippen LogP contribution in [-0.2, 0) is 0 Å². The second-order valence-corrected chi connectivity index (χ2v) is 7.05. The summed E-state index contributed by atoms with van der Waals surface area (Å²) < 4.78 is 13.7. The van der Waals surface area contributed by atoms with Gasteiger partial charge in [-0.15, -0.1) is 0 Å². The van der Waals surface area contributed by atoms with E-state index in [1.165, 1.54) is 25.3 Å². The number of hydrogen-bond donors (Lipinski definition) is 1. The van der Waals surface area contributed by atoms with Crippen molar-refractivity contribution in [1.82, 2.24) is 0 Å². The van der Waals surface area contributed by atoms with Gasteiger partial charge >= 0.3 is 0 Å². The Balaban J connectivity index is 1.61. The van der Waals surface area contributed by atoms with Crippen LogP contribution in [0.25, 0.3) is 0 Å². The van der Waals surface area contributed by atoms with Gasteiger partial charge in [0.1, 0.15) is 11.5 Å². The number of nitrogens with one attached hydrogen (secondary N) is 1.